The molecule has 0 aliphatic carbocycles. The summed E-state index contributed by atoms with van der Waals surface area (Å²) in [5, 5.41) is 0. The Balaban J connectivity index is 4.34. The molecule has 0 bridgehead atoms. The lowest BCUT2D eigenvalue weighted by molar-refractivity contribution is 0.240. The van der Waals surface area contributed by atoms with E-state index >= 15 is 0 Å². The molecule has 1 amide bonds. The Kier molecular flexibility index (Phi) is 4.83. The number of hydrogen-bond acceptors (Lipinski definition) is 3. The highest BCUT2D eigenvalue weighted by molar-refractivity contribution is 7.70. The summed E-state index contributed by atoms with van der Waals surface area (Å²) >= 11 is 0. The maximum absolute atomic E-state index is 11.0. The summed E-state index contributed by atoms with van der Waals surface area (Å²) in [5.41, 5.74) is -1.15. The van der Waals surface area contributed by atoms with Crippen LogP contribution in [0.25, 0.3) is 0 Å². The van der Waals surface area contributed by atoms with Crippen LogP contribution in [0.4, 0.5) is 4.79 Å². The van der Waals surface area contributed by atoms with Gasteiger partial charge < -0.3 is 14.3 Å². The highest BCUT2D eigenvalue weighted by atomic mass is 31.2. The molecule has 76 valence electrons. The summed E-state index contributed by atoms with van der Waals surface area (Å²) in [6.45, 7) is 1.52. The van der Waals surface area contributed by atoms with E-state index in [4.69, 9.17) is 4.89 Å². The van der Waals surface area contributed by atoms with Crippen molar-refractivity contribution in [2.24, 2.45) is 4.99 Å². The lowest BCUT2D eigenvalue weighted by atomic mass is 10.9. The molecule has 0 saturated heterocycles. The quantitative estimate of drug-likeness (QED) is 0.422. The minimum absolute atomic E-state index is 0.00297. The first-order chi connectivity index (χ1) is 5.90. The zero-order valence-electron chi connectivity index (χ0n) is 7.80. The van der Waals surface area contributed by atoms with Gasteiger partial charge in [-0.1, -0.05) is 0 Å². The fourth-order valence-corrected chi connectivity index (χ4v) is 1.13. The van der Waals surface area contributed by atoms with Crippen LogP contribution in [0.2, 0.25) is 0 Å². The van der Waals surface area contributed by atoms with Crippen molar-refractivity contribution < 1.29 is 18.8 Å². The van der Waals surface area contributed by atoms with Crippen molar-refractivity contribution in [3.63, 3.8) is 0 Å². The molecule has 0 aliphatic rings. The number of carbonyl (C=O) groups excluding carboxylic acids is 1. The Morgan fingerprint density at radius 1 is 1.69 bits per heavy atom. The maximum atomic E-state index is 11.0. The van der Waals surface area contributed by atoms with Gasteiger partial charge in [0.2, 0.25) is 0 Å². The first kappa shape index (κ1) is 12.3. The molecule has 0 aromatic rings. The molecule has 0 spiro atoms. The van der Waals surface area contributed by atoms with E-state index in [9.17, 15) is 9.36 Å². The minimum Gasteiger partial charge on any atom is -0.369 e. The van der Waals surface area contributed by atoms with Gasteiger partial charge in [-0.15, -0.1) is 0 Å². The van der Waals surface area contributed by atoms with Gasteiger partial charge in [-0.3, -0.25) is 4.79 Å². The maximum Gasteiger partial charge on any atom is 0.418 e. The van der Waals surface area contributed by atoms with Gasteiger partial charge in [-0.05, 0) is 6.92 Å². The van der Waals surface area contributed by atoms with Crippen LogP contribution in [0.1, 0.15) is 6.92 Å². The first-order valence-corrected chi connectivity index (χ1v) is 5.20. The molecular formula is C6H13N2O4P. The van der Waals surface area contributed by atoms with Gasteiger partial charge in [0.05, 0.1) is 12.9 Å². The van der Waals surface area contributed by atoms with Crippen LogP contribution >= 0.6 is 7.60 Å². The minimum atomic E-state index is -4.20. The predicted molar refractivity (Wildman–Crippen MR) is 49.0 cm³/mol. The normalized spacial score (nSPS) is 15.7. The molecule has 7 heteroatoms. The summed E-state index contributed by atoms with van der Waals surface area (Å²) in [5.74, 6) is 0. The standard InChI is InChI=1S/C6H13N2O4P/c1-4-12-13(10,11)6(9)7-5-8(2)3/h5H,4H2,1-3H3,(H,10,11). The Labute approximate surface area is 76.8 Å². The summed E-state index contributed by atoms with van der Waals surface area (Å²) in [4.78, 5) is 24.6. The average molecular weight is 208 g/mol. The van der Waals surface area contributed by atoms with Gasteiger partial charge >= 0.3 is 13.2 Å². The molecule has 0 heterocycles. The van der Waals surface area contributed by atoms with Crippen LogP contribution in [0.15, 0.2) is 4.99 Å². The van der Waals surface area contributed by atoms with Crippen molar-refractivity contribution in [1.29, 1.82) is 0 Å². The lowest BCUT2D eigenvalue weighted by Crippen LogP contribution is -2.09. The molecule has 0 saturated carbocycles. The molecule has 0 rings (SSSR count). The number of aliphatic imine (C=N–C) groups is 1. The third kappa shape index (κ3) is 4.77. The molecule has 0 radical (unpaired) electrons. The van der Waals surface area contributed by atoms with Crippen molar-refractivity contribution in [3.8, 4) is 0 Å². The third-order valence-corrected chi connectivity index (χ3v) is 2.15. The zero-order chi connectivity index (χ0) is 10.5. The topological polar surface area (TPSA) is 79.2 Å². The molecule has 6 nitrogen and oxygen atoms in total. The largest absolute Gasteiger partial charge is 0.418 e. The Morgan fingerprint density at radius 2 is 2.23 bits per heavy atom. The van der Waals surface area contributed by atoms with E-state index in [-0.39, 0.29) is 6.61 Å². The highest BCUT2D eigenvalue weighted by Crippen LogP contribution is 2.43. The van der Waals surface area contributed by atoms with Crippen molar-refractivity contribution in [2.75, 3.05) is 20.7 Å². The second-order valence-electron chi connectivity index (χ2n) is 2.43. The molecular weight excluding hydrogens is 195 g/mol. The van der Waals surface area contributed by atoms with Crippen LogP contribution in [-0.4, -0.2) is 42.5 Å². The Morgan fingerprint density at radius 3 is 2.62 bits per heavy atom. The van der Waals surface area contributed by atoms with Gasteiger partial charge in [-0.2, -0.15) is 4.99 Å². The number of hydrogen-bond donors (Lipinski definition) is 1. The molecule has 13 heavy (non-hydrogen) atoms. The SMILES string of the molecule is CCOP(=O)(O)C(=O)N=CN(C)C. The van der Waals surface area contributed by atoms with Crippen molar-refractivity contribution in [2.45, 2.75) is 6.92 Å². The van der Waals surface area contributed by atoms with Gasteiger partial charge in [0, 0.05) is 14.1 Å². The van der Waals surface area contributed by atoms with E-state index in [0.717, 1.165) is 6.34 Å². The van der Waals surface area contributed by atoms with Crippen LogP contribution in [0, 0.1) is 0 Å². The van der Waals surface area contributed by atoms with E-state index in [1.807, 2.05) is 0 Å². The summed E-state index contributed by atoms with van der Waals surface area (Å²) in [6.07, 6.45) is 1.14. The van der Waals surface area contributed by atoms with E-state index in [2.05, 4.69) is 9.52 Å². The highest BCUT2D eigenvalue weighted by Gasteiger charge is 2.29. The smallest absolute Gasteiger partial charge is 0.369 e. The second kappa shape index (κ2) is 5.11. The van der Waals surface area contributed by atoms with Crippen LogP contribution in [0.5, 0.6) is 0 Å². The molecule has 0 aromatic heterocycles. The molecule has 0 fully saturated rings. The molecule has 1 N–H and O–H groups in total. The van der Waals surface area contributed by atoms with Gasteiger partial charge in [0.15, 0.2) is 0 Å². The number of amides is 1. The number of carbonyl (C=O) groups is 1. The third-order valence-electron chi connectivity index (χ3n) is 0.945. The van der Waals surface area contributed by atoms with Crippen LogP contribution in [-0.2, 0) is 9.09 Å². The Bertz CT molecular complexity index is 251. The van der Waals surface area contributed by atoms with Crippen molar-refractivity contribution in [3.05, 3.63) is 0 Å². The summed E-state index contributed by atoms with van der Waals surface area (Å²) < 4.78 is 15.3. The average Bonchev–Trinajstić information content (AvgIpc) is 1.99. The van der Waals surface area contributed by atoms with Gasteiger partial charge in [-0.25, -0.2) is 4.57 Å². The second-order valence-corrected chi connectivity index (χ2v) is 4.11. The molecule has 1 unspecified atom stereocenters. The zero-order valence-corrected chi connectivity index (χ0v) is 8.69. The summed E-state index contributed by atoms with van der Waals surface area (Å²) in [6, 6.07) is 0. The fourth-order valence-electron chi connectivity index (χ4n) is 0.468. The van der Waals surface area contributed by atoms with Gasteiger partial charge in [0.25, 0.3) is 0 Å². The van der Waals surface area contributed by atoms with E-state index in [1.54, 1.807) is 14.1 Å². The predicted octanol–water partition coefficient (Wildman–Crippen LogP) is 0.918. The number of nitrogens with zero attached hydrogens (tertiary/aromatic N) is 2. The first-order valence-electron chi connectivity index (χ1n) is 3.62. The molecule has 0 aromatic carbocycles. The Hall–Kier alpha value is -0.710. The molecule has 0 aliphatic heterocycles. The molecule has 1 atom stereocenters. The van der Waals surface area contributed by atoms with E-state index < -0.39 is 13.2 Å². The fraction of sp³-hybridized carbons (Fsp3) is 0.667. The van der Waals surface area contributed by atoms with E-state index in [0.29, 0.717) is 0 Å². The van der Waals surface area contributed by atoms with Crippen molar-refractivity contribution >= 4 is 19.6 Å². The van der Waals surface area contributed by atoms with E-state index in [1.165, 1.54) is 11.8 Å². The van der Waals surface area contributed by atoms with Crippen molar-refractivity contribution in [1.82, 2.24) is 4.90 Å². The van der Waals surface area contributed by atoms with Crippen LogP contribution < -0.4 is 0 Å². The van der Waals surface area contributed by atoms with Gasteiger partial charge in [0.1, 0.15) is 0 Å². The summed E-state index contributed by atoms with van der Waals surface area (Å²) in [7, 11) is -0.926. The van der Waals surface area contributed by atoms with Crippen LogP contribution in [0.3, 0.4) is 0 Å². The lowest BCUT2D eigenvalue weighted by Gasteiger charge is -2.06. The number of rotatable bonds is 4. The monoisotopic (exact) mass is 208 g/mol.